The molecule has 4 rings (SSSR count). The number of hydrogen-bond donors (Lipinski definition) is 1. The average molecular weight is 343 g/mol. The van der Waals surface area contributed by atoms with E-state index < -0.39 is 6.29 Å². The minimum absolute atomic E-state index is 0.281. The van der Waals surface area contributed by atoms with Crippen LogP contribution in [0.5, 0.6) is 5.75 Å². The van der Waals surface area contributed by atoms with Crippen LogP contribution < -0.4 is 4.74 Å². The van der Waals surface area contributed by atoms with Gasteiger partial charge in [0.1, 0.15) is 11.6 Å². The Bertz CT molecular complexity index is 737. The van der Waals surface area contributed by atoms with Gasteiger partial charge in [-0.25, -0.2) is 4.39 Å². The Morgan fingerprint density at radius 1 is 1.20 bits per heavy atom. The molecule has 0 saturated carbocycles. The summed E-state index contributed by atoms with van der Waals surface area (Å²) in [5, 5.41) is 9.87. The summed E-state index contributed by atoms with van der Waals surface area (Å²) in [6, 6.07) is 12.8. The van der Waals surface area contributed by atoms with Crippen molar-refractivity contribution in [2.45, 2.75) is 38.4 Å². The number of piperidine rings is 1. The summed E-state index contributed by atoms with van der Waals surface area (Å²) < 4.78 is 25.9. The molecule has 5 heteroatoms. The van der Waals surface area contributed by atoms with Gasteiger partial charge in [0.2, 0.25) is 6.29 Å². The van der Waals surface area contributed by atoms with E-state index in [0.29, 0.717) is 25.4 Å². The standard InChI is InChI=1S/C20H22FNO3/c21-17-9-15(11-22-8-4-7-18(23)12-22)19-16(10-17)13-24-20(25-19)14-5-2-1-3-6-14/h1-3,5-6,9-10,18,20,23H,4,7-8,11-13H2/t18-,20-/m0/s1. The molecule has 2 aromatic rings. The first-order valence-corrected chi connectivity index (χ1v) is 8.74. The molecule has 2 aliphatic rings. The number of rotatable bonds is 3. The first kappa shape index (κ1) is 16.5. The maximum atomic E-state index is 14.0. The number of likely N-dealkylation sites (tertiary alicyclic amines) is 1. The maximum absolute atomic E-state index is 14.0. The van der Waals surface area contributed by atoms with Crippen LogP contribution in [0.15, 0.2) is 42.5 Å². The smallest absolute Gasteiger partial charge is 0.227 e. The summed E-state index contributed by atoms with van der Waals surface area (Å²) in [7, 11) is 0. The van der Waals surface area contributed by atoms with E-state index in [2.05, 4.69) is 4.90 Å². The van der Waals surface area contributed by atoms with Crippen LogP contribution in [0.3, 0.4) is 0 Å². The van der Waals surface area contributed by atoms with E-state index in [4.69, 9.17) is 9.47 Å². The van der Waals surface area contributed by atoms with Crippen LogP contribution in [-0.4, -0.2) is 29.2 Å². The second-order valence-electron chi connectivity index (χ2n) is 6.76. The molecule has 2 aromatic carbocycles. The quantitative estimate of drug-likeness (QED) is 0.928. The van der Waals surface area contributed by atoms with Crippen LogP contribution in [0.1, 0.15) is 35.8 Å². The van der Waals surface area contributed by atoms with Gasteiger partial charge in [0.15, 0.2) is 0 Å². The van der Waals surface area contributed by atoms with Crippen molar-refractivity contribution in [3.8, 4) is 5.75 Å². The monoisotopic (exact) mass is 343 g/mol. The lowest BCUT2D eigenvalue weighted by molar-refractivity contribution is -0.112. The van der Waals surface area contributed by atoms with Gasteiger partial charge in [0, 0.05) is 29.8 Å². The third-order valence-corrected chi connectivity index (χ3v) is 4.77. The third kappa shape index (κ3) is 3.68. The van der Waals surface area contributed by atoms with Gasteiger partial charge in [-0.05, 0) is 31.5 Å². The summed E-state index contributed by atoms with van der Waals surface area (Å²) in [6.07, 6.45) is 0.998. The fraction of sp³-hybridized carbons (Fsp3) is 0.400. The molecule has 1 fully saturated rings. The van der Waals surface area contributed by atoms with Crippen molar-refractivity contribution in [1.29, 1.82) is 0 Å². The first-order valence-electron chi connectivity index (χ1n) is 8.74. The lowest BCUT2D eigenvalue weighted by Gasteiger charge is -2.32. The second-order valence-corrected chi connectivity index (χ2v) is 6.76. The summed E-state index contributed by atoms with van der Waals surface area (Å²) in [5.41, 5.74) is 2.49. The van der Waals surface area contributed by atoms with E-state index in [-0.39, 0.29) is 11.9 Å². The highest BCUT2D eigenvalue weighted by molar-refractivity contribution is 5.43. The number of aliphatic hydroxyl groups excluding tert-OH is 1. The van der Waals surface area contributed by atoms with Crippen LogP contribution in [0.25, 0.3) is 0 Å². The van der Waals surface area contributed by atoms with Gasteiger partial charge >= 0.3 is 0 Å². The van der Waals surface area contributed by atoms with Gasteiger partial charge in [-0.2, -0.15) is 0 Å². The average Bonchev–Trinajstić information content (AvgIpc) is 2.62. The molecule has 2 aliphatic heterocycles. The Morgan fingerprint density at radius 2 is 2.04 bits per heavy atom. The zero-order chi connectivity index (χ0) is 17.2. The highest BCUT2D eigenvalue weighted by Gasteiger charge is 2.27. The predicted molar refractivity (Wildman–Crippen MR) is 91.5 cm³/mol. The number of aliphatic hydroxyl groups is 1. The van der Waals surface area contributed by atoms with Crippen molar-refractivity contribution >= 4 is 0 Å². The fourth-order valence-corrected chi connectivity index (χ4v) is 3.58. The molecule has 1 saturated heterocycles. The van der Waals surface area contributed by atoms with Crippen molar-refractivity contribution < 1.29 is 19.0 Å². The first-order chi connectivity index (χ1) is 12.2. The van der Waals surface area contributed by atoms with Crippen molar-refractivity contribution in [2.75, 3.05) is 13.1 Å². The highest BCUT2D eigenvalue weighted by Crippen LogP contribution is 2.37. The van der Waals surface area contributed by atoms with Crippen LogP contribution in [-0.2, 0) is 17.9 Å². The van der Waals surface area contributed by atoms with E-state index >= 15 is 0 Å². The van der Waals surface area contributed by atoms with Crippen LogP contribution in [0.4, 0.5) is 4.39 Å². The molecule has 1 N–H and O–H groups in total. The van der Waals surface area contributed by atoms with E-state index in [1.165, 1.54) is 12.1 Å². The topological polar surface area (TPSA) is 41.9 Å². The van der Waals surface area contributed by atoms with Crippen molar-refractivity contribution in [1.82, 2.24) is 4.90 Å². The Hall–Kier alpha value is -1.95. The molecule has 25 heavy (non-hydrogen) atoms. The molecule has 2 atom stereocenters. The van der Waals surface area contributed by atoms with Gasteiger partial charge in [0.25, 0.3) is 0 Å². The summed E-state index contributed by atoms with van der Waals surface area (Å²) >= 11 is 0. The predicted octanol–water partition coefficient (Wildman–Crippen LogP) is 3.39. The molecule has 0 spiro atoms. The number of hydrogen-bond acceptors (Lipinski definition) is 4. The molecule has 0 amide bonds. The number of β-amino-alcohol motifs (C(OH)–C–C–N with tert-alkyl or cyclic N) is 1. The largest absolute Gasteiger partial charge is 0.460 e. The van der Waals surface area contributed by atoms with Crippen LogP contribution in [0, 0.1) is 5.82 Å². The highest BCUT2D eigenvalue weighted by atomic mass is 19.1. The minimum atomic E-state index is -0.482. The van der Waals surface area contributed by atoms with Gasteiger partial charge in [-0.3, -0.25) is 4.90 Å². The Kier molecular flexibility index (Phi) is 4.70. The number of ether oxygens (including phenoxy) is 2. The molecule has 0 bridgehead atoms. The lowest BCUT2D eigenvalue weighted by atomic mass is 10.0. The molecule has 0 radical (unpaired) electrons. The number of fused-ring (bicyclic) bond motifs is 1. The number of benzene rings is 2. The Labute approximate surface area is 146 Å². The molecule has 0 aliphatic carbocycles. The van der Waals surface area contributed by atoms with Gasteiger partial charge in [0.05, 0.1) is 12.7 Å². The summed E-state index contributed by atoms with van der Waals surface area (Å²) in [6.45, 7) is 2.41. The molecule has 0 unspecified atom stereocenters. The minimum Gasteiger partial charge on any atom is -0.460 e. The van der Waals surface area contributed by atoms with Crippen molar-refractivity contribution in [3.63, 3.8) is 0 Å². The molecule has 0 aromatic heterocycles. The fourth-order valence-electron chi connectivity index (χ4n) is 3.58. The molecule has 4 nitrogen and oxygen atoms in total. The van der Waals surface area contributed by atoms with Crippen molar-refractivity contribution in [2.24, 2.45) is 0 Å². The zero-order valence-corrected chi connectivity index (χ0v) is 14.0. The van der Waals surface area contributed by atoms with Crippen LogP contribution >= 0.6 is 0 Å². The van der Waals surface area contributed by atoms with E-state index in [0.717, 1.165) is 36.1 Å². The number of halogens is 1. The normalized spacial score (nSPS) is 23.8. The van der Waals surface area contributed by atoms with E-state index in [1.54, 1.807) is 0 Å². The molecule has 132 valence electrons. The Balaban J connectivity index is 1.59. The maximum Gasteiger partial charge on any atom is 0.227 e. The molecule has 2 heterocycles. The number of nitrogens with zero attached hydrogens (tertiary/aromatic N) is 1. The lowest BCUT2D eigenvalue weighted by Crippen LogP contribution is -2.37. The van der Waals surface area contributed by atoms with Gasteiger partial charge < -0.3 is 14.6 Å². The Morgan fingerprint density at radius 3 is 2.84 bits per heavy atom. The van der Waals surface area contributed by atoms with Gasteiger partial charge in [-0.1, -0.05) is 30.3 Å². The third-order valence-electron chi connectivity index (χ3n) is 4.77. The molecular weight excluding hydrogens is 321 g/mol. The summed E-state index contributed by atoms with van der Waals surface area (Å²) in [5.74, 6) is 0.429. The van der Waals surface area contributed by atoms with Crippen molar-refractivity contribution in [3.05, 3.63) is 65.0 Å². The molecular formula is C20H22FNO3. The van der Waals surface area contributed by atoms with Crippen LogP contribution in [0.2, 0.25) is 0 Å². The summed E-state index contributed by atoms with van der Waals surface area (Å²) in [4.78, 5) is 2.15. The SMILES string of the molecule is O[C@H]1CCCN(Cc2cc(F)cc3c2O[C@@H](c2ccccc2)OC3)C1. The van der Waals surface area contributed by atoms with Gasteiger partial charge in [-0.15, -0.1) is 0 Å². The van der Waals surface area contributed by atoms with E-state index in [9.17, 15) is 9.50 Å². The second kappa shape index (κ2) is 7.12. The van der Waals surface area contributed by atoms with E-state index in [1.807, 2.05) is 30.3 Å². The zero-order valence-electron chi connectivity index (χ0n) is 14.0.